The molecule has 0 spiro atoms. The van der Waals surface area contributed by atoms with E-state index in [-0.39, 0.29) is 21.3 Å². The highest BCUT2D eigenvalue weighted by molar-refractivity contribution is 7.93. The first kappa shape index (κ1) is 15.1. The molecule has 2 N–H and O–H groups in total. The van der Waals surface area contributed by atoms with Gasteiger partial charge in [-0.3, -0.25) is 4.72 Å². The first-order valence-electron chi connectivity index (χ1n) is 4.89. The molecule has 0 aliphatic rings. The van der Waals surface area contributed by atoms with E-state index < -0.39 is 21.2 Å². The number of rotatable bonds is 4. The fraction of sp³-hybridized carbons (Fsp3) is 0.300. The average Bonchev–Trinajstić information content (AvgIpc) is 2.22. The zero-order valence-electron chi connectivity index (χ0n) is 9.57. The van der Waals surface area contributed by atoms with Gasteiger partial charge in [0.25, 0.3) is 0 Å². The van der Waals surface area contributed by atoms with Gasteiger partial charge in [0, 0.05) is 0 Å². The fourth-order valence-electron chi connectivity index (χ4n) is 1.12. The Morgan fingerprint density at radius 1 is 1.28 bits per heavy atom. The second-order valence-corrected chi connectivity index (χ2v) is 6.83. The minimum Gasteiger partial charge on any atom is -0.478 e. The van der Waals surface area contributed by atoms with Crippen molar-refractivity contribution in [3.63, 3.8) is 0 Å². The summed E-state index contributed by atoms with van der Waals surface area (Å²) in [6, 6.07) is 2.62. The van der Waals surface area contributed by atoms with E-state index in [2.05, 4.69) is 4.72 Å². The SMILES string of the molecule is CC(C)S(=O)(=O)Nc1c(Cl)ccc(Cl)c1C(=O)O. The predicted octanol–water partition coefficient (Wildman–Crippen LogP) is 2.84. The van der Waals surface area contributed by atoms with Gasteiger partial charge >= 0.3 is 5.97 Å². The summed E-state index contributed by atoms with van der Waals surface area (Å²) in [5.41, 5.74) is -0.584. The van der Waals surface area contributed by atoms with Gasteiger partial charge in [-0.15, -0.1) is 0 Å². The molecule has 0 aliphatic carbocycles. The Bertz CT molecular complexity index is 584. The van der Waals surface area contributed by atoms with Crippen molar-refractivity contribution < 1.29 is 18.3 Å². The van der Waals surface area contributed by atoms with Crippen LogP contribution in [0.25, 0.3) is 0 Å². The standard InChI is InChI=1S/C10H11Cl2NO4S/c1-5(2)18(16,17)13-9-7(12)4-3-6(11)8(9)10(14)15/h3-5,13H,1-2H3,(H,14,15). The smallest absolute Gasteiger partial charge is 0.339 e. The quantitative estimate of drug-likeness (QED) is 0.895. The highest BCUT2D eigenvalue weighted by Crippen LogP contribution is 2.33. The first-order valence-corrected chi connectivity index (χ1v) is 7.20. The lowest BCUT2D eigenvalue weighted by Gasteiger charge is -2.15. The highest BCUT2D eigenvalue weighted by atomic mass is 35.5. The van der Waals surface area contributed by atoms with E-state index >= 15 is 0 Å². The second kappa shape index (κ2) is 5.34. The molecule has 0 unspecified atom stereocenters. The van der Waals surface area contributed by atoms with E-state index in [9.17, 15) is 13.2 Å². The summed E-state index contributed by atoms with van der Waals surface area (Å²) >= 11 is 11.5. The largest absolute Gasteiger partial charge is 0.478 e. The van der Waals surface area contributed by atoms with E-state index in [0.29, 0.717) is 0 Å². The fourth-order valence-corrected chi connectivity index (χ4v) is 2.35. The van der Waals surface area contributed by atoms with Gasteiger partial charge in [-0.25, -0.2) is 13.2 Å². The summed E-state index contributed by atoms with van der Waals surface area (Å²) in [4.78, 5) is 11.1. The normalized spacial score (nSPS) is 11.6. The van der Waals surface area contributed by atoms with Crippen molar-refractivity contribution in [2.75, 3.05) is 4.72 Å². The summed E-state index contributed by atoms with van der Waals surface area (Å²) in [6.45, 7) is 2.92. The molecule has 0 heterocycles. The molecule has 0 radical (unpaired) electrons. The van der Waals surface area contributed by atoms with Crippen molar-refractivity contribution in [3.8, 4) is 0 Å². The lowest BCUT2D eigenvalue weighted by Crippen LogP contribution is -2.24. The third-order valence-electron chi connectivity index (χ3n) is 2.18. The van der Waals surface area contributed by atoms with Gasteiger partial charge in [0.05, 0.1) is 21.0 Å². The number of carboxylic acid groups (broad SMARTS) is 1. The lowest BCUT2D eigenvalue weighted by atomic mass is 10.2. The molecule has 18 heavy (non-hydrogen) atoms. The van der Waals surface area contributed by atoms with Crippen molar-refractivity contribution in [3.05, 3.63) is 27.7 Å². The van der Waals surface area contributed by atoms with Crippen LogP contribution in [0, 0.1) is 0 Å². The van der Waals surface area contributed by atoms with E-state index in [1.54, 1.807) is 0 Å². The Balaban J connectivity index is 3.41. The molecular formula is C10H11Cl2NO4S. The maximum Gasteiger partial charge on any atom is 0.339 e. The molecular weight excluding hydrogens is 301 g/mol. The van der Waals surface area contributed by atoms with Crippen LogP contribution in [-0.4, -0.2) is 24.7 Å². The first-order chi connectivity index (χ1) is 8.16. The number of anilines is 1. The number of hydrogen-bond donors (Lipinski definition) is 2. The summed E-state index contributed by atoms with van der Waals surface area (Å²) in [7, 11) is -3.70. The van der Waals surface area contributed by atoms with E-state index in [0.717, 1.165) is 0 Å². The average molecular weight is 312 g/mol. The Morgan fingerprint density at radius 3 is 2.22 bits per heavy atom. The van der Waals surface area contributed by atoms with Gasteiger partial charge in [-0.05, 0) is 26.0 Å². The number of aromatic carboxylic acids is 1. The summed E-state index contributed by atoms with van der Waals surface area (Å²) < 4.78 is 25.6. The topological polar surface area (TPSA) is 83.5 Å². The molecule has 1 aromatic rings. The van der Waals surface area contributed by atoms with Crippen LogP contribution < -0.4 is 4.72 Å². The molecule has 0 atom stereocenters. The van der Waals surface area contributed by atoms with E-state index in [1.165, 1.54) is 26.0 Å². The Labute approximate surface area is 115 Å². The van der Waals surface area contributed by atoms with Gasteiger partial charge < -0.3 is 5.11 Å². The van der Waals surface area contributed by atoms with Crippen LogP contribution in [0.3, 0.4) is 0 Å². The minimum atomic E-state index is -3.70. The van der Waals surface area contributed by atoms with Crippen molar-refractivity contribution >= 4 is 44.9 Å². The summed E-state index contributed by atoms with van der Waals surface area (Å²) in [5, 5.41) is 8.18. The van der Waals surface area contributed by atoms with Crippen molar-refractivity contribution in [1.29, 1.82) is 0 Å². The van der Waals surface area contributed by atoms with Crippen LogP contribution in [0.15, 0.2) is 12.1 Å². The zero-order valence-corrected chi connectivity index (χ0v) is 11.9. The van der Waals surface area contributed by atoms with Crippen LogP contribution in [0.5, 0.6) is 0 Å². The zero-order chi connectivity index (χ0) is 14.1. The molecule has 0 fully saturated rings. The van der Waals surface area contributed by atoms with Crippen LogP contribution in [0.4, 0.5) is 5.69 Å². The predicted molar refractivity (Wildman–Crippen MR) is 71.1 cm³/mol. The Kier molecular flexibility index (Phi) is 4.47. The number of carboxylic acids is 1. The van der Waals surface area contributed by atoms with Gasteiger partial charge in [-0.1, -0.05) is 23.2 Å². The summed E-state index contributed by atoms with van der Waals surface area (Å²) in [6.07, 6.45) is 0. The van der Waals surface area contributed by atoms with Crippen LogP contribution in [0.1, 0.15) is 24.2 Å². The molecule has 1 aromatic carbocycles. The number of halogens is 2. The molecule has 0 bridgehead atoms. The number of carbonyl (C=O) groups is 1. The number of benzene rings is 1. The monoisotopic (exact) mass is 311 g/mol. The lowest BCUT2D eigenvalue weighted by molar-refractivity contribution is 0.0698. The maximum atomic E-state index is 11.7. The van der Waals surface area contributed by atoms with Crippen LogP contribution in [-0.2, 0) is 10.0 Å². The summed E-state index contributed by atoms with van der Waals surface area (Å²) in [5.74, 6) is -1.36. The number of hydrogen-bond acceptors (Lipinski definition) is 3. The van der Waals surface area contributed by atoms with E-state index in [4.69, 9.17) is 28.3 Å². The molecule has 1 rings (SSSR count). The van der Waals surface area contributed by atoms with Crippen molar-refractivity contribution in [2.24, 2.45) is 0 Å². The van der Waals surface area contributed by atoms with Gasteiger partial charge in [0.2, 0.25) is 10.0 Å². The molecule has 5 nitrogen and oxygen atoms in total. The van der Waals surface area contributed by atoms with Gasteiger partial charge in [-0.2, -0.15) is 0 Å². The highest BCUT2D eigenvalue weighted by Gasteiger charge is 2.23. The van der Waals surface area contributed by atoms with Crippen LogP contribution >= 0.6 is 23.2 Å². The molecule has 0 saturated carbocycles. The second-order valence-electron chi connectivity index (χ2n) is 3.78. The molecule has 100 valence electrons. The van der Waals surface area contributed by atoms with E-state index in [1.807, 2.05) is 0 Å². The molecule has 8 heteroatoms. The minimum absolute atomic E-state index is 0.0268. The molecule has 0 amide bonds. The number of sulfonamides is 1. The Hall–Kier alpha value is -0.980. The van der Waals surface area contributed by atoms with Crippen molar-refractivity contribution in [1.82, 2.24) is 0 Å². The van der Waals surface area contributed by atoms with Gasteiger partial charge in [0.1, 0.15) is 5.56 Å². The third-order valence-corrected chi connectivity index (χ3v) is 4.54. The number of nitrogens with one attached hydrogen (secondary N) is 1. The van der Waals surface area contributed by atoms with Crippen LogP contribution in [0.2, 0.25) is 10.0 Å². The molecule has 0 aromatic heterocycles. The maximum absolute atomic E-state index is 11.7. The molecule has 0 saturated heterocycles. The third kappa shape index (κ3) is 3.07. The van der Waals surface area contributed by atoms with Crippen molar-refractivity contribution in [2.45, 2.75) is 19.1 Å². The molecule has 0 aliphatic heterocycles. The van der Waals surface area contributed by atoms with Gasteiger partial charge in [0.15, 0.2) is 0 Å². The Morgan fingerprint density at radius 2 is 1.78 bits per heavy atom.